The standard InChI is InChI=1S/C22H23N3O3S/c1-16-9-10-17(2)21(14-16)29(27,28)25-20-8-5-6-18(15-20)22(26)24-13-11-19-7-3-4-12-23-19/h3-10,12,14-15,25H,11,13H2,1-2H3,(H,24,26). The van der Waals surface area contributed by atoms with Gasteiger partial charge in [0, 0.05) is 36.1 Å². The molecule has 0 atom stereocenters. The number of nitrogens with one attached hydrogen (secondary N) is 2. The third-order valence-corrected chi connectivity index (χ3v) is 5.93. The second kappa shape index (κ2) is 8.87. The van der Waals surface area contributed by atoms with Crippen molar-refractivity contribution in [2.75, 3.05) is 11.3 Å². The number of rotatable bonds is 7. The molecular weight excluding hydrogens is 386 g/mol. The summed E-state index contributed by atoms with van der Waals surface area (Å²) < 4.78 is 28.1. The Morgan fingerprint density at radius 2 is 1.83 bits per heavy atom. The molecule has 0 saturated carbocycles. The fourth-order valence-electron chi connectivity index (χ4n) is 2.88. The molecule has 2 aromatic carbocycles. The number of carbonyl (C=O) groups is 1. The molecule has 3 rings (SSSR count). The fraction of sp³-hybridized carbons (Fsp3) is 0.182. The molecular formula is C22H23N3O3S. The number of pyridine rings is 1. The Labute approximate surface area is 171 Å². The van der Waals surface area contributed by atoms with Crippen molar-refractivity contribution in [3.05, 3.63) is 89.2 Å². The van der Waals surface area contributed by atoms with Crippen molar-refractivity contribution >= 4 is 21.6 Å². The highest BCUT2D eigenvalue weighted by Crippen LogP contribution is 2.21. The Bertz CT molecular complexity index is 1110. The number of aromatic nitrogens is 1. The maximum atomic E-state index is 12.8. The number of benzene rings is 2. The van der Waals surface area contributed by atoms with Crippen molar-refractivity contribution in [3.8, 4) is 0 Å². The maximum absolute atomic E-state index is 12.8. The summed E-state index contributed by atoms with van der Waals surface area (Å²) in [6.07, 6.45) is 2.33. The van der Waals surface area contributed by atoms with Gasteiger partial charge in [-0.1, -0.05) is 24.3 Å². The average molecular weight is 410 g/mol. The van der Waals surface area contributed by atoms with Crippen LogP contribution in [0.25, 0.3) is 0 Å². The van der Waals surface area contributed by atoms with Crippen LogP contribution in [0.3, 0.4) is 0 Å². The van der Waals surface area contributed by atoms with E-state index in [0.717, 1.165) is 11.3 Å². The van der Waals surface area contributed by atoms with Crippen LogP contribution in [0.15, 0.2) is 71.8 Å². The minimum Gasteiger partial charge on any atom is -0.352 e. The Morgan fingerprint density at radius 1 is 1.00 bits per heavy atom. The van der Waals surface area contributed by atoms with Gasteiger partial charge in [-0.05, 0) is 61.4 Å². The topological polar surface area (TPSA) is 88.2 Å². The van der Waals surface area contributed by atoms with Gasteiger partial charge in [-0.3, -0.25) is 14.5 Å². The van der Waals surface area contributed by atoms with E-state index in [4.69, 9.17) is 0 Å². The smallest absolute Gasteiger partial charge is 0.262 e. The first-order valence-corrected chi connectivity index (χ1v) is 10.7. The zero-order chi connectivity index (χ0) is 20.9. The van der Waals surface area contributed by atoms with Gasteiger partial charge >= 0.3 is 0 Å². The number of hydrogen-bond acceptors (Lipinski definition) is 4. The zero-order valence-electron chi connectivity index (χ0n) is 16.3. The molecule has 7 heteroatoms. The van der Waals surface area contributed by atoms with Crippen molar-refractivity contribution in [1.29, 1.82) is 0 Å². The summed E-state index contributed by atoms with van der Waals surface area (Å²) in [4.78, 5) is 16.9. The lowest BCUT2D eigenvalue weighted by atomic mass is 10.2. The number of aryl methyl sites for hydroxylation is 2. The number of carbonyl (C=O) groups excluding carboxylic acids is 1. The lowest BCUT2D eigenvalue weighted by Crippen LogP contribution is -2.26. The highest BCUT2D eigenvalue weighted by Gasteiger charge is 2.18. The van der Waals surface area contributed by atoms with E-state index >= 15 is 0 Å². The summed E-state index contributed by atoms with van der Waals surface area (Å²) in [5.74, 6) is -0.270. The average Bonchev–Trinajstić information content (AvgIpc) is 2.70. The van der Waals surface area contributed by atoms with E-state index < -0.39 is 10.0 Å². The van der Waals surface area contributed by atoms with E-state index in [9.17, 15) is 13.2 Å². The van der Waals surface area contributed by atoms with Gasteiger partial charge in [-0.15, -0.1) is 0 Å². The van der Waals surface area contributed by atoms with Crippen LogP contribution in [0.2, 0.25) is 0 Å². The second-order valence-corrected chi connectivity index (χ2v) is 8.43. The van der Waals surface area contributed by atoms with Crippen LogP contribution in [-0.2, 0) is 16.4 Å². The minimum absolute atomic E-state index is 0.225. The van der Waals surface area contributed by atoms with E-state index in [1.807, 2.05) is 31.2 Å². The molecule has 29 heavy (non-hydrogen) atoms. The highest BCUT2D eigenvalue weighted by atomic mass is 32.2. The second-order valence-electron chi connectivity index (χ2n) is 6.78. The third kappa shape index (κ3) is 5.42. The zero-order valence-corrected chi connectivity index (χ0v) is 17.2. The van der Waals surface area contributed by atoms with Gasteiger partial charge in [-0.2, -0.15) is 0 Å². The van der Waals surface area contributed by atoms with Crippen molar-refractivity contribution < 1.29 is 13.2 Å². The quantitative estimate of drug-likeness (QED) is 0.625. The Kier molecular flexibility index (Phi) is 6.29. The number of amides is 1. The van der Waals surface area contributed by atoms with Gasteiger partial charge in [0.15, 0.2) is 0 Å². The Hall–Kier alpha value is -3.19. The van der Waals surface area contributed by atoms with Crippen LogP contribution < -0.4 is 10.0 Å². The fourth-order valence-corrected chi connectivity index (χ4v) is 4.26. The summed E-state index contributed by atoms with van der Waals surface area (Å²) in [5.41, 5.74) is 3.13. The van der Waals surface area contributed by atoms with E-state index in [1.54, 1.807) is 43.5 Å². The lowest BCUT2D eigenvalue weighted by Gasteiger charge is -2.12. The van der Waals surface area contributed by atoms with E-state index in [-0.39, 0.29) is 10.8 Å². The largest absolute Gasteiger partial charge is 0.352 e. The Balaban J connectivity index is 1.68. The van der Waals surface area contributed by atoms with Crippen molar-refractivity contribution in [3.63, 3.8) is 0 Å². The normalized spacial score (nSPS) is 11.1. The minimum atomic E-state index is -3.75. The van der Waals surface area contributed by atoms with E-state index in [0.29, 0.717) is 29.8 Å². The molecule has 150 valence electrons. The number of sulfonamides is 1. The van der Waals surface area contributed by atoms with E-state index in [2.05, 4.69) is 15.0 Å². The summed E-state index contributed by atoms with van der Waals surface area (Å²) in [7, 11) is -3.75. The van der Waals surface area contributed by atoms with Crippen LogP contribution in [0.1, 0.15) is 27.2 Å². The van der Waals surface area contributed by atoms with Gasteiger partial charge in [0.05, 0.1) is 4.90 Å². The number of anilines is 1. The van der Waals surface area contributed by atoms with Gasteiger partial charge in [0.2, 0.25) is 0 Å². The molecule has 0 bridgehead atoms. The summed E-state index contributed by atoms with van der Waals surface area (Å²) >= 11 is 0. The molecule has 1 heterocycles. The maximum Gasteiger partial charge on any atom is 0.262 e. The summed E-state index contributed by atoms with van der Waals surface area (Å²) in [5, 5.41) is 2.83. The molecule has 0 aliphatic rings. The van der Waals surface area contributed by atoms with Crippen LogP contribution in [0.5, 0.6) is 0 Å². The summed E-state index contributed by atoms with van der Waals surface area (Å²) in [6.45, 7) is 4.03. The molecule has 1 aromatic heterocycles. The van der Waals surface area contributed by atoms with Crippen molar-refractivity contribution in [1.82, 2.24) is 10.3 Å². The molecule has 0 aliphatic carbocycles. The third-order valence-electron chi connectivity index (χ3n) is 4.40. The van der Waals surface area contributed by atoms with Crippen LogP contribution in [-0.4, -0.2) is 25.9 Å². The lowest BCUT2D eigenvalue weighted by molar-refractivity contribution is 0.0954. The first-order valence-electron chi connectivity index (χ1n) is 9.23. The first kappa shape index (κ1) is 20.5. The van der Waals surface area contributed by atoms with Crippen LogP contribution in [0.4, 0.5) is 5.69 Å². The molecule has 1 amide bonds. The molecule has 0 fully saturated rings. The van der Waals surface area contributed by atoms with Crippen molar-refractivity contribution in [2.45, 2.75) is 25.2 Å². The molecule has 2 N–H and O–H groups in total. The van der Waals surface area contributed by atoms with Gasteiger partial charge in [0.25, 0.3) is 15.9 Å². The predicted octanol–water partition coefficient (Wildman–Crippen LogP) is 3.47. The molecule has 0 unspecified atom stereocenters. The highest BCUT2D eigenvalue weighted by molar-refractivity contribution is 7.92. The van der Waals surface area contributed by atoms with Crippen molar-refractivity contribution in [2.24, 2.45) is 0 Å². The SMILES string of the molecule is Cc1ccc(C)c(S(=O)(=O)Nc2cccc(C(=O)NCCc3ccccn3)c2)c1. The van der Waals surface area contributed by atoms with Gasteiger partial charge in [0.1, 0.15) is 0 Å². The molecule has 0 spiro atoms. The van der Waals surface area contributed by atoms with Gasteiger partial charge < -0.3 is 5.32 Å². The predicted molar refractivity (Wildman–Crippen MR) is 113 cm³/mol. The molecule has 6 nitrogen and oxygen atoms in total. The molecule has 3 aromatic rings. The van der Waals surface area contributed by atoms with Gasteiger partial charge in [-0.25, -0.2) is 8.42 Å². The number of hydrogen-bond donors (Lipinski definition) is 2. The molecule has 0 radical (unpaired) electrons. The molecule has 0 saturated heterocycles. The number of nitrogens with zero attached hydrogens (tertiary/aromatic N) is 1. The first-order chi connectivity index (χ1) is 13.8. The molecule has 0 aliphatic heterocycles. The van der Waals surface area contributed by atoms with Crippen LogP contribution in [0, 0.1) is 13.8 Å². The summed E-state index contributed by atoms with van der Waals surface area (Å²) in [6, 6.07) is 17.3. The monoisotopic (exact) mass is 409 g/mol. The van der Waals surface area contributed by atoms with E-state index in [1.165, 1.54) is 6.07 Å². The Morgan fingerprint density at radius 3 is 2.59 bits per heavy atom. The van der Waals surface area contributed by atoms with Crippen LogP contribution >= 0.6 is 0 Å².